The van der Waals surface area contributed by atoms with Gasteiger partial charge in [0.1, 0.15) is 0 Å². The van der Waals surface area contributed by atoms with Crippen molar-refractivity contribution in [2.75, 3.05) is 6.54 Å². The molecule has 0 saturated heterocycles. The van der Waals surface area contributed by atoms with Gasteiger partial charge in [-0.05, 0) is 6.54 Å². The molecule has 1 N–H and O–H groups in total. The van der Waals surface area contributed by atoms with Crippen molar-refractivity contribution in [2.45, 2.75) is 26.6 Å². The summed E-state index contributed by atoms with van der Waals surface area (Å²) in [5.74, 6) is 0.792. The summed E-state index contributed by atoms with van der Waals surface area (Å²) >= 11 is 0. The van der Waals surface area contributed by atoms with Crippen LogP contribution in [0.25, 0.3) is 0 Å². The Bertz CT molecular complexity index is 37.1. The smallest absolute Gasteiger partial charge is 0.203 e. The lowest BCUT2D eigenvalue weighted by Gasteiger charge is -1.99. The van der Waals surface area contributed by atoms with Gasteiger partial charge < -0.3 is 5.23 Å². The molecule has 0 spiro atoms. The standard InChI is InChI=1S/C5H14BN/c1-4-7-6-5(2)3/h5-7H,4H2,1-3H3. The summed E-state index contributed by atoms with van der Waals surface area (Å²) in [4.78, 5) is 0. The molecule has 0 atom stereocenters. The Kier molecular flexibility index (Phi) is 4.21. The fourth-order valence-electron chi connectivity index (χ4n) is 0.433. The van der Waals surface area contributed by atoms with Crippen LogP contribution in [0.3, 0.4) is 0 Å². The van der Waals surface area contributed by atoms with E-state index >= 15 is 0 Å². The van der Waals surface area contributed by atoms with Crippen LogP contribution in [0.5, 0.6) is 0 Å². The molecule has 0 aliphatic rings. The van der Waals surface area contributed by atoms with E-state index in [9.17, 15) is 0 Å². The Labute approximate surface area is 46.8 Å². The highest BCUT2D eigenvalue weighted by Crippen LogP contribution is 1.91. The zero-order valence-electron chi connectivity index (χ0n) is 5.49. The van der Waals surface area contributed by atoms with Gasteiger partial charge in [0.05, 0.1) is 0 Å². The predicted octanol–water partition coefficient (Wildman–Crippen LogP) is 0.776. The van der Waals surface area contributed by atoms with E-state index in [0.29, 0.717) is 0 Å². The number of hydrogen-bond acceptors (Lipinski definition) is 1. The summed E-state index contributed by atoms with van der Waals surface area (Å²) in [6.07, 6.45) is 0. The monoisotopic (exact) mass is 99.1 g/mol. The zero-order valence-corrected chi connectivity index (χ0v) is 5.49. The molecule has 0 rings (SSSR count). The Morgan fingerprint density at radius 1 is 1.57 bits per heavy atom. The Balaban J connectivity index is 2.68. The highest BCUT2D eigenvalue weighted by atomic mass is 14.7. The van der Waals surface area contributed by atoms with Crippen molar-refractivity contribution in [3.05, 3.63) is 0 Å². The topological polar surface area (TPSA) is 12.0 Å². The third-order valence-corrected chi connectivity index (χ3v) is 0.803. The van der Waals surface area contributed by atoms with Crippen LogP contribution in [0.15, 0.2) is 0 Å². The van der Waals surface area contributed by atoms with Crippen molar-refractivity contribution in [3.8, 4) is 0 Å². The summed E-state index contributed by atoms with van der Waals surface area (Å²) in [6, 6.07) is 0. The van der Waals surface area contributed by atoms with Crippen molar-refractivity contribution in [1.82, 2.24) is 5.23 Å². The Morgan fingerprint density at radius 2 is 2.14 bits per heavy atom. The molecule has 0 radical (unpaired) electrons. The van der Waals surface area contributed by atoms with Crippen LogP contribution in [0.4, 0.5) is 0 Å². The fourth-order valence-corrected chi connectivity index (χ4v) is 0.433. The van der Waals surface area contributed by atoms with Crippen molar-refractivity contribution in [2.24, 2.45) is 0 Å². The number of rotatable bonds is 3. The Morgan fingerprint density at radius 3 is 2.29 bits per heavy atom. The fraction of sp³-hybridized carbons (Fsp3) is 1.00. The number of nitrogens with one attached hydrogen (secondary N) is 1. The maximum absolute atomic E-state index is 3.25. The lowest BCUT2D eigenvalue weighted by Crippen LogP contribution is -2.20. The van der Waals surface area contributed by atoms with Crippen LogP contribution in [0.1, 0.15) is 20.8 Å². The first-order chi connectivity index (χ1) is 3.27. The normalized spacial score (nSPS) is 9.71. The molecule has 1 nitrogen and oxygen atoms in total. The van der Waals surface area contributed by atoms with Gasteiger partial charge in [-0.2, -0.15) is 0 Å². The quantitative estimate of drug-likeness (QED) is 0.515. The largest absolute Gasteiger partial charge is 0.359 e. The van der Waals surface area contributed by atoms with Crippen LogP contribution >= 0.6 is 0 Å². The minimum Gasteiger partial charge on any atom is -0.359 e. The molecule has 0 unspecified atom stereocenters. The second-order valence-electron chi connectivity index (χ2n) is 2.20. The lowest BCUT2D eigenvalue weighted by molar-refractivity contribution is 0.944. The average Bonchev–Trinajstić information content (AvgIpc) is 1.61. The van der Waals surface area contributed by atoms with Gasteiger partial charge in [-0.15, -0.1) is 0 Å². The lowest BCUT2D eigenvalue weighted by atomic mass is 9.79. The first-order valence-corrected chi connectivity index (χ1v) is 2.98. The van der Waals surface area contributed by atoms with Gasteiger partial charge in [-0.3, -0.25) is 0 Å². The second-order valence-corrected chi connectivity index (χ2v) is 2.20. The highest BCUT2D eigenvalue weighted by Gasteiger charge is 1.91. The molecule has 42 valence electrons. The Hall–Kier alpha value is 0.0249. The molecule has 0 aliphatic heterocycles. The van der Waals surface area contributed by atoms with E-state index in [4.69, 9.17) is 0 Å². The van der Waals surface area contributed by atoms with Gasteiger partial charge in [-0.1, -0.05) is 26.6 Å². The minimum absolute atomic E-state index is 0.792. The summed E-state index contributed by atoms with van der Waals surface area (Å²) in [6.45, 7) is 7.64. The van der Waals surface area contributed by atoms with Crippen molar-refractivity contribution in [1.29, 1.82) is 0 Å². The van der Waals surface area contributed by atoms with Crippen LogP contribution in [-0.2, 0) is 0 Å². The van der Waals surface area contributed by atoms with Gasteiger partial charge in [0.2, 0.25) is 7.41 Å². The van der Waals surface area contributed by atoms with Gasteiger partial charge >= 0.3 is 0 Å². The van der Waals surface area contributed by atoms with Crippen molar-refractivity contribution in [3.63, 3.8) is 0 Å². The van der Waals surface area contributed by atoms with E-state index in [2.05, 4.69) is 26.0 Å². The second kappa shape index (κ2) is 4.19. The molecular weight excluding hydrogens is 84.9 g/mol. The minimum atomic E-state index is 0.792. The SMILES string of the molecule is CCNBC(C)C. The molecular formula is C5H14BN. The highest BCUT2D eigenvalue weighted by molar-refractivity contribution is 6.33. The molecule has 0 heterocycles. The maximum Gasteiger partial charge on any atom is 0.203 e. The van der Waals surface area contributed by atoms with Crippen LogP contribution in [-0.4, -0.2) is 14.0 Å². The van der Waals surface area contributed by atoms with E-state index < -0.39 is 0 Å². The summed E-state index contributed by atoms with van der Waals surface area (Å²) < 4.78 is 0. The molecule has 0 saturated carbocycles. The average molecular weight is 99.0 g/mol. The summed E-state index contributed by atoms with van der Waals surface area (Å²) in [5.41, 5.74) is 0. The molecule has 0 aromatic heterocycles. The van der Waals surface area contributed by atoms with E-state index in [1.807, 2.05) is 0 Å². The first kappa shape index (κ1) is 7.02. The van der Waals surface area contributed by atoms with E-state index in [1.54, 1.807) is 0 Å². The molecule has 2 heteroatoms. The van der Waals surface area contributed by atoms with Gasteiger partial charge in [0, 0.05) is 0 Å². The van der Waals surface area contributed by atoms with Crippen LogP contribution in [0.2, 0.25) is 5.82 Å². The molecule has 0 aromatic rings. The van der Waals surface area contributed by atoms with Crippen molar-refractivity contribution < 1.29 is 0 Å². The van der Waals surface area contributed by atoms with Crippen LogP contribution < -0.4 is 5.23 Å². The van der Waals surface area contributed by atoms with Gasteiger partial charge in [0.15, 0.2) is 0 Å². The molecule has 0 aliphatic carbocycles. The van der Waals surface area contributed by atoms with E-state index in [0.717, 1.165) is 19.8 Å². The van der Waals surface area contributed by atoms with Gasteiger partial charge in [-0.25, -0.2) is 0 Å². The number of hydrogen-bond donors (Lipinski definition) is 1. The third kappa shape index (κ3) is 6.02. The molecule has 0 fully saturated rings. The molecule has 0 bridgehead atoms. The van der Waals surface area contributed by atoms with E-state index in [1.165, 1.54) is 0 Å². The van der Waals surface area contributed by atoms with Crippen molar-refractivity contribution >= 4 is 7.41 Å². The maximum atomic E-state index is 3.25. The first-order valence-electron chi connectivity index (χ1n) is 2.98. The molecule has 0 amide bonds. The molecule has 0 aromatic carbocycles. The van der Waals surface area contributed by atoms with Crippen LogP contribution in [0, 0.1) is 0 Å². The molecule has 7 heavy (non-hydrogen) atoms. The predicted molar refractivity (Wildman–Crippen MR) is 35.9 cm³/mol. The summed E-state index contributed by atoms with van der Waals surface area (Å²) in [7, 11) is 1.15. The van der Waals surface area contributed by atoms with E-state index in [-0.39, 0.29) is 0 Å². The zero-order chi connectivity index (χ0) is 5.70. The summed E-state index contributed by atoms with van der Waals surface area (Å²) in [5, 5.41) is 3.25. The van der Waals surface area contributed by atoms with Gasteiger partial charge in [0.25, 0.3) is 0 Å². The third-order valence-electron chi connectivity index (χ3n) is 0.803.